The molecule has 2 aromatic carbocycles. The predicted octanol–water partition coefficient (Wildman–Crippen LogP) is 3.99. The highest BCUT2D eigenvalue weighted by Crippen LogP contribution is 2.28. The molecule has 13 heteroatoms. The lowest BCUT2D eigenvalue weighted by atomic mass is 10.2. The van der Waals surface area contributed by atoms with Gasteiger partial charge in [-0.25, -0.2) is 18.7 Å². The molecule has 1 atom stereocenters. The predicted molar refractivity (Wildman–Crippen MR) is 124 cm³/mol. The maximum atomic E-state index is 14.1. The van der Waals surface area contributed by atoms with Crippen LogP contribution in [0.1, 0.15) is 11.1 Å². The molecule has 0 fully saturated rings. The number of anilines is 4. The largest absolute Gasteiger partial charge is 0.494 e. The molecule has 2 aromatic heterocycles. The Balaban J connectivity index is 1.61. The van der Waals surface area contributed by atoms with Crippen LogP contribution < -0.4 is 21.1 Å². The number of rotatable bonds is 8. The summed E-state index contributed by atoms with van der Waals surface area (Å²) in [5.74, 6) is -0.307. The maximum Gasteiger partial charge on any atom is 0.421 e. The first kappa shape index (κ1) is 23.4. The first-order valence-corrected chi connectivity index (χ1v) is 11.2. The lowest BCUT2D eigenvalue weighted by molar-refractivity contribution is 0.213. The van der Waals surface area contributed by atoms with Crippen molar-refractivity contribution in [3.63, 3.8) is 0 Å². The average Bonchev–Trinajstić information content (AvgIpc) is 3.11. The van der Waals surface area contributed by atoms with Gasteiger partial charge in [-0.15, -0.1) is 0 Å². The van der Waals surface area contributed by atoms with Gasteiger partial charge in [-0.3, -0.25) is 9.09 Å². The number of aromatic nitrogens is 3. The van der Waals surface area contributed by atoms with E-state index in [0.29, 0.717) is 33.9 Å². The first-order valence-electron chi connectivity index (χ1n) is 9.96. The van der Waals surface area contributed by atoms with Crippen molar-refractivity contribution < 1.29 is 27.5 Å². The topological polar surface area (TPSA) is 141 Å². The number of benzene rings is 2. The van der Waals surface area contributed by atoms with E-state index >= 15 is 0 Å². The normalized spacial score (nSPS) is 12.0. The summed E-state index contributed by atoms with van der Waals surface area (Å²) in [5.41, 5.74) is 2.94. The summed E-state index contributed by atoms with van der Waals surface area (Å²) in [5, 5.41) is 6.19. The number of hydrogen-bond acceptors (Lipinski definition) is 9. The third-order valence-corrected chi connectivity index (χ3v) is 5.29. The molecule has 0 aliphatic carbocycles. The number of oxazole rings is 1. The van der Waals surface area contributed by atoms with E-state index in [0.717, 1.165) is 10.1 Å². The Morgan fingerprint density at radius 3 is 2.71 bits per heavy atom. The second-order valence-corrected chi connectivity index (χ2v) is 8.12. The molecule has 0 spiro atoms. The summed E-state index contributed by atoms with van der Waals surface area (Å²) in [7, 11) is -1.83. The fraction of sp³-hybridized carbons (Fsp3) is 0.190. The Kier molecular flexibility index (Phi) is 6.64. The van der Waals surface area contributed by atoms with Crippen molar-refractivity contribution in [3.8, 4) is 5.75 Å². The minimum atomic E-state index is -3.22. The zero-order valence-electron chi connectivity index (χ0n) is 18.4. The van der Waals surface area contributed by atoms with Crippen molar-refractivity contribution in [2.75, 3.05) is 17.7 Å². The van der Waals surface area contributed by atoms with Crippen molar-refractivity contribution in [3.05, 3.63) is 64.0 Å². The number of aryl methyl sites for hydroxylation is 2. The second kappa shape index (κ2) is 9.64. The minimum Gasteiger partial charge on any atom is -0.494 e. The standard InChI is InChI=1S/C21H21FN5O6P/c1-11-6-14(8-17(31-3)18(11)22)25-20-23-9-12(2)19(26-20)24-13-4-5-16-15(7-13)27(21(28)33-16)10-32-34(29)30/h4-9,34H,10H2,1-3H3,(H,29,30)(H2,23,24,25,26). The van der Waals surface area contributed by atoms with Crippen LogP contribution in [0.5, 0.6) is 5.75 Å². The minimum absolute atomic E-state index is 0.0999. The van der Waals surface area contributed by atoms with Crippen LogP contribution in [-0.2, 0) is 15.8 Å². The smallest absolute Gasteiger partial charge is 0.421 e. The molecule has 2 heterocycles. The van der Waals surface area contributed by atoms with Crippen molar-refractivity contribution in [1.82, 2.24) is 14.5 Å². The Morgan fingerprint density at radius 2 is 1.97 bits per heavy atom. The summed E-state index contributed by atoms with van der Waals surface area (Å²) in [6.45, 7) is 3.02. The quantitative estimate of drug-likeness (QED) is 0.311. The van der Waals surface area contributed by atoms with E-state index in [9.17, 15) is 13.8 Å². The van der Waals surface area contributed by atoms with Crippen LogP contribution in [0.4, 0.5) is 27.5 Å². The van der Waals surface area contributed by atoms with Crippen LogP contribution in [0.15, 0.2) is 45.7 Å². The van der Waals surface area contributed by atoms with E-state index in [1.807, 2.05) is 6.92 Å². The Morgan fingerprint density at radius 1 is 1.18 bits per heavy atom. The van der Waals surface area contributed by atoms with Gasteiger partial charge < -0.3 is 24.7 Å². The molecule has 0 amide bonds. The molecule has 0 saturated carbocycles. The molecule has 4 rings (SSSR count). The molecular formula is C21H21FN5O6P. The summed E-state index contributed by atoms with van der Waals surface area (Å²) in [6, 6.07) is 8.02. The molecule has 3 N–H and O–H groups in total. The van der Waals surface area contributed by atoms with Crippen LogP contribution in [0, 0.1) is 19.7 Å². The van der Waals surface area contributed by atoms with E-state index in [1.165, 1.54) is 13.2 Å². The van der Waals surface area contributed by atoms with Gasteiger partial charge in [0.15, 0.2) is 17.1 Å². The molecule has 4 aromatic rings. The summed E-state index contributed by atoms with van der Waals surface area (Å²) >= 11 is 0. The van der Waals surface area contributed by atoms with Crippen molar-refractivity contribution in [1.29, 1.82) is 0 Å². The number of methoxy groups -OCH3 is 1. The first-order chi connectivity index (χ1) is 16.2. The van der Waals surface area contributed by atoms with Gasteiger partial charge in [0.2, 0.25) is 5.95 Å². The molecule has 0 saturated heterocycles. The van der Waals surface area contributed by atoms with Crippen molar-refractivity contribution >= 4 is 42.5 Å². The van der Waals surface area contributed by atoms with E-state index in [1.54, 1.807) is 37.4 Å². The molecule has 0 aliphatic heterocycles. The van der Waals surface area contributed by atoms with Crippen LogP contribution in [0.25, 0.3) is 11.1 Å². The number of ether oxygens (including phenoxy) is 1. The second-order valence-electron chi connectivity index (χ2n) is 7.30. The fourth-order valence-electron chi connectivity index (χ4n) is 3.23. The number of nitrogens with zero attached hydrogens (tertiary/aromatic N) is 3. The lowest BCUT2D eigenvalue weighted by Crippen LogP contribution is -2.14. The number of fused-ring (bicyclic) bond motifs is 1. The monoisotopic (exact) mass is 489 g/mol. The number of halogens is 1. The summed E-state index contributed by atoms with van der Waals surface area (Å²) in [4.78, 5) is 29.7. The Hall–Kier alpha value is -3.73. The summed E-state index contributed by atoms with van der Waals surface area (Å²) in [6.07, 6.45) is 1.62. The molecule has 11 nitrogen and oxygen atoms in total. The third kappa shape index (κ3) is 4.93. The Bertz CT molecular complexity index is 1450. The van der Waals surface area contributed by atoms with Gasteiger partial charge in [-0.05, 0) is 43.7 Å². The van der Waals surface area contributed by atoms with Crippen molar-refractivity contribution in [2.24, 2.45) is 0 Å². The van der Waals surface area contributed by atoms with Gasteiger partial charge in [-0.1, -0.05) is 0 Å². The van der Waals surface area contributed by atoms with Gasteiger partial charge in [0.25, 0.3) is 0 Å². The highest BCUT2D eigenvalue weighted by atomic mass is 31.1. The highest BCUT2D eigenvalue weighted by Gasteiger charge is 2.13. The van der Waals surface area contributed by atoms with Gasteiger partial charge in [0.05, 0.1) is 12.6 Å². The van der Waals surface area contributed by atoms with E-state index in [2.05, 4.69) is 25.1 Å². The van der Waals surface area contributed by atoms with E-state index < -0.39 is 26.6 Å². The van der Waals surface area contributed by atoms with E-state index in [-0.39, 0.29) is 11.7 Å². The number of hydrogen-bond donors (Lipinski definition) is 3. The SMILES string of the molecule is COc1cc(Nc2ncc(C)c(Nc3ccc4oc(=O)n(CO[PH](=O)O)c4c3)n2)cc(C)c1F. The third-order valence-electron chi connectivity index (χ3n) is 4.92. The lowest BCUT2D eigenvalue weighted by Gasteiger charge is -2.13. The van der Waals surface area contributed by atoms with Crippen molar-refractivity contribution in [2.45, 2.75) is 20.6 Å². The van der Waals surface area contributed by atoms with Crippen LogP contribution in [0.2, 0.25) is 0 Å². The molecule has 1 unspecified atom stereocenters. The number of nitrogens with one attached hydrogen (secondary N) is 2. The van der Waals surface area contributed by atoms with Crippen LogP contribution in [-0.4, -0.2) is 26.5 Å². The van der Waals surface area contributed by atoms with E-state index in [4.69, 9.17) is 14.0 Å². The van der Waals surface area contributed by atoms with Crippen LogP contribution >= 0.6 is 8.25 Å². The zero-order chi connectivity index (χ0) is 24.4. The van der Waals surface area contributed by atoms with Crippen LogP contribution in [0.3, 0.4) is 0 Å². The average molecular weight is 489 g/mol. The Labute approximate surface area is 193 Å². The zero-order valence-corrected chi connectivity index (χ0v) is 19.4. The molecule has 0 radical (unpaired) electrons. The molecular weight excluding hydrogens is 468 g/mol. The molecule has 34 heavy (non-hydrogen) atoms. The fourth-order valence-corrected chi connectivity index (χ4v) is 3.47. The van der Waals surface area contributed by atoms with Gasteiger partial charge in [-0.2, -0.15) is 4.98 Å². The molecule has 0 bridgehead atoms. The van der Waals surface area contributed by atoms with Gasteiger partial charge in [0, 0.05) is 29.2 Å². The van der Waals surface area contributed by atoms with Gasteiger partial charge in [0.1, 0.15) is 12.5 Å². The van der Waals surface area contributed by atoms with Gasteiger partial charge >= 0.3 is 14.0 Å². The maximum absolute atomic E-state index is 14.1. The molecule has 0 aliphatic rings. The molecule has 178 valence electrons. The summed E-state index contributed by atoms with van der Waals surface area (Å²) < 4.78 is 40.9. The highest BCUT2D eigenvalue weighted by molar-refractivity contribution is 7.32.